The summed E-state index contributed by atoms with van der Waals surface area (Å²) in [7, 11) is 1.63. The molecule has 0 aliphatic rings. The number of nitrogens with zero attached hydrogens (tertiary/aromatic N) is 2. The Morgan fingerprint density at radius 1 is 1.50 bits per heavy atom. The minimum atomic E-state index is -1.58. The second-order valence-electron chi connectivity index (χ2n) is 3.05. The zero-order valence-corrected chi connectivity index (χ0v) is 8.01. The van der Waals surface area contributed by atoms with E-state index in [1.807, 2.05) is 0 Å². The van der Waals surface area contributed by atoms with Gasteiger partial charge in [-0.2, -0.15) is 0 Å². The van der Waals surface area contributed by atoms with E-state index in [2.05, 4.69) is 4.98 Å². The van der Waals surface area contributed by atoms with Crippen molar-refractivity contribution in [2.24, 2.45) is 0 Å². The van der Waals surface area contributed by atoms with Crippen LogP contribution in [0.4, 0.5) is 0 Å². The van der Waals surface area contributed by atoms with E-state index in [0.29, 0.717) is 0 Å². The average molecular weight is 194 g/mol. The quantitative estimate of drug-likeness (QED) is 0.559. The van der Waals surface area contributed by atoms with Crippen LogP contribution in [0.25, 0.3) is 0 Å². The topological polar surface area (TPSA) is 73.7 Å². The van der Waals surface area contributed by atoms with Gasteiger partial charge in [0.1, 0.15) is 5.69 Å². The van der Waals surface area contributed by atoms with Gasteiger partial charge in [-0.15, -0.1) is 0 Å². The summed E-state index contributed by atoms with van der Waals surface area (Å²) in [5, 5.41) is 17.7. The van der Waals surface area contributed by atoms with Crippen molar-refractivity contribution in [1.29, 1.82) is 0 Å². The van der Waals surface area contributed by atoms with Gasteiger partial charge in [0.25, 0.3) is 5.91 Å². The van der Waals surface area contributed by atoms with Crippen molar-refractivity contribution >= 4 is 18.5 Å². The molecule has 1 aromatic rings. The molecule has 1 rings (SSSR count). The van der Waals surface area contributed by atoms with E-state index in [1.165, 1.54) is 23.2 Å². The van der Waals surface area contributed by atoms with Crippen molar-refractivity contribution in [3.8, 4) is 0 Å². The molecule has 14 heavy (non-hydrogen) atoms. The van der Waals surface area contributed by atoms with Gasteiger partial charge in [-0.3, -0.25) is 9.78 Å². The van der Waals surface area contributed by atoms with Crippen LogP contribution in [0.5, 0.6) is 0 Å². The van der Waals surface area contributed by atoms with E-state index < -0.39 is 7.12 Å². The van der Waals surface area contributed by atoms with Gasteiger partial charge in [0.05, 0.1) is 0 Å². The zero-order chi connectivity index (χ0) is 10.7. The van der Waals surface area contributed by atoms with Crippen LogP contribution in [0.3, 0.4) is 0 Å². The summed E-state index contributed by atoms with van der Waals surface area (Å²) in [5.74, 6) is -0.271. The molecule has 6 heteroatoms. The van der Waals surface area contributed by atoms with E-state index in [4.69, 9.17) is 10.0 Å². The standard InChI is InChI=1S/C8H11BN2O3/c1-11(2)8(12)7-5-6(9(13)14)3-4-10-7/h3-5,13-14H,1-2H3. The maximum atomic E-state index is 11.4. The average Bonchev–Trinajstić information content (AvgIpc) is 2.16. The molecule has 0 spiro atoms. The smallest absolute Gasteiger partial charge is 0.423 e. The number of hydrogen-bond acceptors (Lipinski definition) is 4. The Bertz CT molecular complexity index is 341. The fourth-order valence-electron chi connectivity index (χ4n) is 0.954. The van der Waals surface area contributed by atoms with E-state index in [0.717, 1.165) is 0 Å². The second-order valence-corrected chi connectivity index (χ2v) is 3.05. The molecule has 0 saturated heterocycles. The van der Waals surface area contributed by atoms with Crippen LogP contribution in [0.2, 0.25) is 0 Å². The maximum absolute atomic E-state index is 11.4. The molecule has 0 aliphatic heterocycles. The van der Waals surface area contributed by atoms with Crippen LogP contribution in [-0.4, -0.2) is 47.1 Å². The molecule has 0 aliphatic carbocycles. The normalized spacial score (nSPS) is 9.71. The van der Waals surface area contributed by atoms with Gasteiger partial charge in [-0.25, -0.2) is 0 Å². The Kier molecular flexibility index (Phi) is 3.21. The third-order valence-corrected chi connectivity index (χ3v) is 1.71. The van der Waals surface area contributed by atoms with Crippen molar-refractivity contribution in [2.75, 3.05) is 14.1 Å². The predicted molar refractivity (Wildman–Crippen MR) is 52.1 cm³/mol. The van der Waals surface area contributed by atoms with Crippen molar-refractivity contribution in [2.45, 2.75) is 0 Å². The Labute approximate surface area is 82.1 Å². The van der Waals surface area contributed by atoms with E-state index >= 15 is 0 Å². The molecule has 0 unspecified atom stereocenters. The Morgan fingerprint density at radius 3 is 2.64 bits per heavy atom. The number of carbonyl (C=O) groups excluding carboxylic acids is 1. The molecule has 0 radical (unpaired) electrons. The number of carbonyl (C=O) groups is 1. The predicted octanol–water partition coefficient (Wildman–Crippen LogP) is -1.54. The van der Waals surface area contributed by atoms with E-state index in [1.54, 1.807) is 14.1 Å². The van der Waals surface area contributed by atoms with Crippen molar-refractivity contribution < 1.29 is 14.8 Å². The Balaban J connectivity index is 3.00. The van der Waals surface area contributed by atoms with Crippen LogP contribution in [-0.2, 0) is 0 Å². The van der Waals surface area contributed by atoms with Crippen LogP contribution in [0.1, 0.15) is 10.5 Å². The summed E-state index contributed by atoms with van der Waals surface area (Å²) >= 11 is 0. The lowest BCUT2D eigenvalue weighted by atomic mass is 9.80. The molecule has 1 amide bonds. The third kappa shape index (κ3) is 2.30. The number of amides is 1. The number of aromatic nitrogens is 1. The summed E-state index contributed by atoms with van der Waals surface area (Å²) in [6.45, 7) is 0. The third-order valence-electron chi connectivity index (χ3n) is 1.71. The van der Waals surface area contributed by atoms with E-state index in [-0.39, 0.29) is 17.1 Å². The fourth-order valence-corrected chi connectivity index (χ4v) is 0.954. The molecular weight excluding hydrogens is 183 g/mol. The highest BCUT2D eigenvalue weighted by atomic mass is 16.4. The van der Waals surface area contributed by atoms with Crippen LogP contribution < -0.4 is 5.46 Å². The molecule has 0 bridgehead atoms. The lowest BCUT2D eigenvalue weighted by molar-refractivity contribution is 0.0822. The lowest BCUT2D eigenvalue weighted by Gasteiger charge is -2.09. The number of pyridine rings is 1. The van der Waals surface area contributed by atoms with Gasteiger partial charge in [-0.05, 0) is 17.6 Å². The minimum Gasteiger partial charge on any atom is -0.423 e. The first-order valence-corrected chi connectivity index (χ1v) is 4.06. The first kappa shape index (κ1) is 10.7. The summed E-state index contributed by atoms with van der Waals surface area (Å²) in [6, 6.07) is 2.80. The van der Waals surface area contributed by atoms with Gasteiger partial charge in [0.15, 0.2) is 0 Å². The summed E-state index contributed by atoms with van der Waals surface area (Å²) in [5.41, 5.74) is 0.450. The fraction of sp³-hybridized carbons (Fsp3) is 0.250. The van der Waals surface area contributed by atoms with Gasteiger partial charge in [0.2, 0.25) is 0 Å². The first-order valence-electron chi connectivity index (χ1n) is 4.06. The molecule has 74 valence electrons. The molecule has 0 aromatic carbocycles. The molecule has 2 N–H and O–H groups in total. The number of hydrogen-bond donors (Lipinski definition) is 2. The number of rotatable bonds is 2. The van der Waals surface area contributed by atoms with Crippen LogP contribution in [0, 0.1) is 0 Å². The molecule has 0 saturated carbocycles. The molecule has 5 nitrogen and oxygen atoms in total. The molecule has 1 heterocycles. The lowest BCUT2D eigenvalue weighted by Crippen LogP contribution is -2.32. The maximum Gasteiger partial charge on any atom is 0.488 e. The van der Waals surface area contributed by atoms with Crippen LogP contribution in [0.15, 0.2) is 18.3 Å². The Morgan fingerprint density at radius 2 is 2.14 bits per heavy atom. The highest BCUT2D eigenvalue weighted by Gasteiger charge is 2.15. The minimum absolute atomic E-state index is 0.195. The summed E-state index contributed by atoms with van der Waals surface area (Å²) < 4.78 is 0. The molecule has 0 fully saturated rings. The first-order chi connectivity index (χ1) is 6.52. The van der Waals surface area contributed by atoms with Gasteiger partial charge in [0, 0.05) is 20.3 Å². The van der Waals surface area contributed by atoms with Crippen LogP contribution >= 0.6 is 0 Å². The van der Waals surface area contributed by atoms with Gasteiger partial charge in [-0.1, -0.05) is 0 Å². The summed E-state index contributed by atoms with van der Waals surface area (Å²) in [6.07, 6.45) is 1.37. The van der Waals surface area contributed by atoms with E-state index in [9.17, 15) is 4.79 Å². The highest BCUT2D eigenvalue weighted by Crippen LogP contribution is 1.96. The van der Waals surface area contributed by atoms with Crippen molar-refractivity contribution in [3.05, 3.63) is 24.0 Å². The van der Waals surface area contributed by atoms with Crippen molar-refractivity contribution in [1.82, 2.24) is 9.88 Å². The molecule has 0 atom stereocenters. The van der Waals surface area contributed by atoms with Gasteiger partial charge < -0.3 is 14.9 Å². The zero-order valence-electron chi connectivity index (χ0n) is 8.01. The molecular formula is C8H11BN2O3. The highest BCUT2D eigenvalue weighted by molar-refractivity contribution is 6.58. The van der Waals surface area contributed by atoms with Gasteiger partial charge >= 0.3 is 7.12 Å². The van der Waals surface area contributed by atoms with Crippen molar-refractivity contribution in [3.63, 3.8) is 0 Å². The monoisotopic (exact) mass is 194 g/mol. The second kappa shape index (κ2) is 4.21. The largest absolute Gasteiger partial charge is 0.488 e. The SMILES string of the molecule is CN(C)C(=O)c1cc(B(O)O)ccn1. The molecule has 1 aromatic heterocycles. The Hall–Kier alpha value is -1.40. The summed E-state index contributed by atoms with van der Waals surface area (Å²) in [4.78, 5) is 16.6.